The lowest BCUT2D eigenvalue weighted by atomic mass is 9.64. The van der Waals surface area contributed by atoms with E-state index in [-0.39, 0.29) is 5.57 Å². The fourth-order valence-corrected chi connectivity index (χ4v) is 4.05. The van der Waals surface area contributed by atoms with Crippen LogP contribution in [0.3, 0.4) is 0 Å². The van der Waals surface area contributed by atoms with E-state index in [1.165, 1.54) is 6.92 Å². The van der Waals surface area contributed by atoms with E-state index in [1.54, 1.807) is 39.0 Å². The van der Waals surface area contributed by atoms with Crippen LogP contribution in [-0.2, 0) is 29.3 Å². The molecule has 7 nitrogen and oxygen atoms in total. The number of benzene rings is 1. The van der Waals surface area contributed by atoms with Crippen LogP contribution in [0, 0.1) is 0 Å². The van der Waals surface area contributed by atoms with E-state index in [0.717, 1.165) is 0 Å². The average Bonchev–Trinajstić information content (AvgIpc) is 2.66. The molecule has 1 aliphatic heterocycles. The lowest BCUT2D eigenvalue weighted by Crippen LogP contribution is -2.50. The Hall–Kier alpha value is -2.38. The molecule has 3 rings (SSSR count). The molecule has 1 atom stereocenters. The van der Waals surface area contributed by atoms with Crippen LogP contribution in [0.1, 0.15) is 51.7 Å². The first-order chi connectivity index (χ1) is 14.0. The zero-order chi connectivity index (χ0) is 22.3. The molecule has 2 aliphatic rings. The number of nitrogens with one attached hydrogen (secondary N) is 1. The molecule has 1 heterocycles. The molecule has 1 aromatic carbocycles. The van der Waals surface area contributed by atoms with Crippen molar-refractivity contribution in [3.8, 4) is 0 Å². The van der Waals surface area contributed by atoms with Crippen LogP contribution in [0.25, 0.3) is 5.76 Å². The Bertz CT molecular complexity index is 924. The topological polar surface area (TPSA) is 102 Å². The summed E-state index contributed by atoms with van der Waals surface area (Å²) >= 11 is 6.12. The van der Waals surface area contributed by atoms with Gasteiger partial charge in [-0.1, -0.05) is 17.7 Å². The fourth-order valence-electron chi connectivity index (χ4n) is 3.88. The third kappa shape index (κ3) is 4.09. The van der Waals surface area contributed by atoms with Gasteiger partial charge in [-0.15, -0.1) is 0 Å². The van der Waals surface area contributed by atoms with E-state index >= 15 is 0 Å². The molecular weight excluding hydrogens is 410 g/mol. The predicted octanol–water partition coefficient (Wildman–Crippen LogP) is 3.09. The number of halogens is 1. The standard InChI is InChI=1S/C22H26ClNO6/c1-12(20(28)30-21(2,3)4)24-19(27)16-17(25)14-11-13(23)5-6-15(14)22(18(16)26)7-9-29-10-8-22/h5-6,11-12,25H,7-10H2,1-4H3,(H,24,27)/t12-/m1/s1. The normalized spacial score (nSPS) is 19.3. The molecule has 162 valence electrons. The van der Waals surface area contributed by atoms with Gasteiger partial charge in [-0.05, 0) is 58.2 Å². The number of esters is 1. The summed E-state index contributed by atoms with van der Waals surface area (Å²) in [5.74, 6) is -2.38. The lowest BCUT2D eigenvalue weighted by Gasteiger charge is -2.40. The van der Waals surface area contributed by atoms with Gasteiger partial charge in [0.15, 0.2) is 5.78 Å². The van der Waals surface area contributed by atoms with Gasteiger partial charge in [-0.3, -0.25) is 9.59 Å². The highest BCUT2D eigenvalue weighted by atomic mass is 35.5. The second-order valence-corrected chi connectivity index (χ2v) is 9.10. The van der Waals surface area contributed by atoms with Crippen molar-refractivity contribution in [3.05, 3.63) is 39.9 Å². The number of carbonyl (C=O) groups excluding carboxylic acids is 3. The first-order valence-electron chi connectivity index (χ1n) is 9.86. The maximum absolute atomic E-state index is 13.5. The summed E-state index contributed by atoms with van der Waals surface area (Å²) in [6, 6.07) is 3.92. The predicted molar refractivity (Wildman–Crippen MR) is 111 cm³/mol. The minimum Gasteiger partial charge on any atom is -0.506 e. The minimum absolute atomic E-state index is 0.346. The molecule has 8 heteroatoms. The molecule has 1 aliphatic carbocycles. The highest BCUT2D eigenvalue weighted by Gasteiger charge is 2.50. The molecule has 0 aromatic heterocycles. The Morgan fingerprint density at radius 2 is 1.90 bits per heavy atom. The van der Waals surface area contributed by atoms with Crippen LogP contribution in [0.5, 0.6) is 0 Å². The first-order valence-corrected chi connectivity index (χ1v) is 10.2. The number of carbonyl (C=O) groups is 3. The lowest BCUT2D eigenvalue weighted by molar-refractivity contribution is -0.158. The molecule has 0 unspecified atom stereocenters. The van der Waals surface area contributed by atoms with Crippen LogP contribution < -0.4 is 5.32 Å². The van der Waals surface area contributed by atoms with Crippen molar-refractivity contribution < 1.29 is 29.0 Å². The second-order valence-electron chi connectivity index (χ2n) is 8.67. The molecule has 2 N–H and O–H groups in total. The Balaban J connectivity index is 1.99. The number of Topliss-reactive ketones (excluding diaryl/α,β-unsaturated/α-hetero) is 1. The molecule has 1 fully saturated rings. The summed E-state index contributed by atoms with van der Waals surface area (Å²) < 4.78 is 10.7. The summed E-state index contributed by atoms with van der Waals surface area (Å²) in [4.78, 5) is 38.7. The minimum atomic E-state index is -1.00. The van der Waals surface area contributed by atoms with Gasteiger partial charge in [0, 0.05) is 23.8 Å². The van der Waals surface area contributed by atoms with Gasteiger partial charge in [0.05, 0.1) is 5.41 Å². The molecular formula is C22H26ClNO6. The number of ether oxygens (including phenoxy) is 2. The Kier molecular flexibility index (Phi) is 5.98. The van der Waals surface area contributed by atoms with Crippen molar-refractivity contribution in [2.24, 2.45) is 0 Å². The smallest absolute Gasteiger partial charge is 0.328 e. The number of aliphatic hydroxyl groups excluding tert-OH is 1. The van der Waals surface area contributed by atoms with Crippen molar-refractivity contribution in [2.75, 3.05) is 13.2 Å². The number of fused-ring (bicyclic) bond motifs is 2. The molecule has 0 bridgehead atoms. The SMILES string of the molecule is C[C@@H](NC(=O)C1=C(O)c2cc(Cl)ccc2C2(CCOCC2)C1=O)C(=O)OC(C)(C)C. The third-order valence-electron chi connectivity index (χ3n) is 5.33. The number of ketones is 1. The largest absolute Gasteiger partial charge is 0.506 e. The summed E-state index contributed by atoms with van der Waals surface area (Å²) in [5.41, 5.74) is -1.10. The van der Waals surface area contributed by atoms with Gasteiger partial charge < -0.3 is 19.9 Å². The van der Waals surface area contributed by atoms with Crippen molar-refractivity contribution in [1.29, 1.82) is 0 Å². The van der Waals surface area contributed by atoms with Gasteiger partial charge >= 0.3 is 5.97 Å². The first kappa shape index (κ1) is 22.3. The number of amides is 1. The Morgan fingerprint density at radius 3 is 2.50 bits per heavy atom. The van der Waals surface area contributed by atoms with Crippen molar-refractivity contribution >= 4 is 35.0 Å². The number of rotatable bonds is 3. The average molecular weight is 436 g/mol. The summed E-state index contributed by atoms with van der Waals surface area (Å²) in [5, 5.41) is 13.7. The summed E-state index contributed by atoms with van der Waals surface area (Å²) in [6.07, 6.45) is 0.762. The van der Waals surface area contributed by atoms with Crippen LogP contribution in [0.15, 0.2) is 23.8 Å². The van der Waals surface area contributed by atoms with Crippen LogP contribution in [-0.4, -0.2) is 47.6 Å². The molecule has 0 saturated carbocycles. The maximum atomic E-state index is 13.5. The van der Waals surface area contributed by atoms with E-state index in [9.17, 15) is 19.5 Å². The quantitative estimate of drug-likeness (QED) is 0.558. The van der Waals surface area contributed by atoms with E-state index in [0.29, 0.717) is 42.2 Å². The van der Waals surface area contributed by atoms with Crippen LogP contribution in [0.2, 0.25) is 5.02 Å². The highest BCUT2D eigenvalue weighted by Crippen LogP contribution is 2.46. The highest BCUT2D eigenvalue weighted by molar-refractivity contribution is 6.32. The number of hydrogen-bond donors (Lipinski definition) is 2. The molecule has 0 radical (unpaired) electrons. The van der Waals surface area contributed by atoms with Crippen LogP contribution in [0.4, 0.5) is 0 Å². The van der Waals surface area contributed by atoms with Gasteiger partial charge in [0.1, 0.15) is 23.0 Å². The second kappa shape index (κ2) is 8.04. The van der Waals surface area contributed by atoms with E-state index in [4.69, 9.17) is 21.1 Å². The Morgan fingerprint density at radius 1 is 1.27 bits per heavy atom. The summed E-state index contributed by atoms with van der Waals surface area (Å²) in [6.45, 7) is 7.33. The molecule has 1 saturated heterocycles. The van der Waals surface area contributed by atoms with Gasteiger partial charge in [0.2, 0.25) is 0 Å². The van der Waals surface area contributed by atoms with Crippen molar-refractivity contribution in [1.82, 2.24) is 5.32 Å². The van der Waals surface area contributed by atoms with E-state index in [1.807, 2.05) is 0 Å². The maximum Gasteiger partial charge on any atom is 0.328 e. The van der Waals surface area contributed by atoms with Crippen molar-refractivity contribution in [3.63, 3.8) is 0 Å². The fraction of sp³-hybridized carbons (Fsp3) is 0.500. The zero-order valence-corrected chi connectivity index (χ0v) is 18.3. The zero-order valence-electron chi connectivity index (χ0n) is 17.5. The third-order valence-corrected chi connectivity index (χ3v) is 5.57. The van der Waals surface area contributed by atoms with Gasteiger partial charge in [-0.2, -0.15) is 0 Å². The number of hydrogen-bond acceptors (Lipinski definition) is 6. The van der Waals surface area contributed by atoms with Crippen LogP contribution >= 0.6 is 11.6 Å². The monoisotopic (exact) mass is 435 g/mol. The Labute approximate surface area is 180 Å². The van der Waals surface area contributed by atoms with Gasteiger partial charge in [-0.25, -0.2) is 4.79 Å². The van der Waals surface area contributed by atoms with E-state index in [2.05, 4.69) is 5.32 Å². The van der Waals surface area contributed by atoms with E-state index < -0.39 is 40.5 Å². The molecule has 1 spiro atoms. The van der Waals surface area contributed by atoms with Crippen molar-refractivity contribution in [2.45, 2.75) is 57.6 Å². The molecule has 1 aromatic rings. The number of aliphatic hydroxyl groups is 1. The van der Waals surface area contributed by atoms with Gasteiger partial charge in [0.25, 0.3) is 5.91 Å². The summed E-state index contributed by atoms with van der Waals surface area (Å²) in [7, 11) is 0. The molecule has 30 heavy (non-hydrogen) atoms. The molecule has 1 amide bonds.